The zero-order valence-electron chi connectivity index (χ0n) is 69.9. The summed E-state index contributed by atoms with van der Waals surface area (Å²) in [5.41, 5.74) is 30.8. The number of hydrogen-bond donors (Lipinski definition) is 5. The van der Waals surface area contributed by atoms with E-state index in [9.17, 15) is 49.5 Å². The summed E-state index contributed by atoms with van der Waals surface area (Å²) < 4.78 is 0. The van der Waals surface area contributed by atoms with Crippen molar-refractivity contribution in [1.82, 2.24) is 0 Å². The minimum absolute atomic E-state index is 0.223. The van der Waals surface area contributed by atoms with Crippen LogP contribution in [0, 0.1) is 5.92 Å². The van der Waals surface area contributed by atoms with Crippen LogP contribution in [0.25, 0.3) is 271 Å². The zero-order valence-corrected chi connectivity index (χ0v) is 69.9. The molecule has 0 bridgehead atoms. The van der Waals surface area contributed by atoms with Crippen LogP contribution in [0.4, 0.5) is 0 Å². The number of carboxylic acids is 5. The summed E-state index contributed by atoms with van der Waals surface area (Å²) in [4.78, 5) is 64.0. The normalized spacial score (nSPS) is 21.5. The van der Waals surface area contributed by atoms with Crippen LogP contribution in [0.2, 0.25) is 0 Å². The van der Waals surface area contributed by atoms with Crippen molar-refractivity contribution in [2.24, 2.45) is 5.92 Å². The van der Waals surface area contributed by atoms with Crippen LogP contribution in [0.15, 0.2) is 265 Å². The maximum Gasteiger partial charge on any atom is 0.335 e. The summed E-state index contributed by atoms with van der Waals surface area (Å²) in [6.45, 7) is 0. The Labute approximate surface area is 754 Å². The number of aromatic carboxylic acids is 5. The molecule has 10 heteroatoms. The van der Waals surface area contributed by atoms with Crippen LogP contribution < -0.4 is 0 Å². The molecule has 4 unspecified atom stereocenters. The van der Waals surface area contributed by atoms with Crippen molar-refractivity contribution < 1.29 is 49.5 Å². The van der Waals surface area contributed by atoms with Gasteiger partial charge in [-0.2, -0.15) is 0 Å². The van der Waals surface area contributed by atoms with Gasteiger partial charge in [-0.25, -0.2) is 24.0 Å². The van der Waals surface area contributed by atoms with E-state index in [1.807, 2.05) is 60.7 Å². The fourth-order valence-electron chi connectivity index (χ4n) is 35.5. The van der Waals surface area contributed by atoms with Gasteiger partial charge in [-0.05, 0) is 437 Å². The van der Waals surface area contributed by atoms with Crippen molar-refractivity contribution in [2.45, 2.75) is 27.1 Å². The van der Waals surface area contributed by atoms with E-state index < -0.39 is 62.8 Å². The molecule has 11 aliphatic rings. The molecule has 606 valence electrons. The highest BCUT2D eigenvalue weighted by Gasteiger charge is 2.83. The molecule has 0 aromatic heterocycles. The summed E-state index contributed by atoms with van der Waals surface area (Å²) >= 11 is 0. The smallest absolute Gasteiger partial charge is 0.335 e. The fourth-order valence-corrected chi connectivity index (χ4v) is 35.5. The van der Waals surface area contributed by atoms with Crippen molar-refractivity contribution in [1.29, 1.82) is 0 Å². The molecule has 0 saturated carbocycles. The van der Waals surface area contributed by atoms with Crippen LogP contribution >= 0.6 is 0 Å². The molecule has 0 fully saturated rings. The first-order chi connectivity index (χ1) is 66.2. The summed E-state index contributed by atoms with van der Waals surface area (Å²) in [7, 11) is 0. The molecule has 0 amide bonds. The van der Waals surface area contributed by atoms with Gasteiger partial charge in [0.25, 0.3) is 0 Å². The molecule has 31 aromatic carbocycles. The lowest BCUT2D eigenvalue weighted by Crippen LogP contribution is -2.57. The number of carboxylic acid groups (broad SMARTS) is 5. The Kier molecular flexibility index (Phi) is 8.66. The summed E-state index contributed by atoms with van der Waals surface area (Å²) in [5.74, 6) is -5.38. The molecule has 135 heavy (non-hydrogen) atoms. The van der Waals surface area contributed by atoms with Gasteiger partial charge in [0.1, 0.15) is 0 Å². The van der Waals surface area contributed by atoms with E-state index in [4.69, 9.17) is 0 Å². The first-order valence-corrected chi connectivity index (χ1v) is 46.7. The maximum atomic E-state index is 12.8. The van der Waals surface area contributed by atoms with Crippen LogP contribution in [-0.2, 0) is 27.1 Å². The number of rotatable bonds is 15. The van der Waals surface area contributed by atoms with Crippen LogP contribution in [0.1, 0.15) is 135 Å². The lowest BCUT2D eigenvalue weighted by molar-refractivity contribution is 0.0686. The number of hydrogen-bond acceptors (Lipinski definition) is 5. The molecule has 4 atom stereocenters. The standard InChI is InChI=1S/C125H46O10/c126-116(127)51-11-1-41(2-12-51)46-21-31-56(32-22-46)121-101-91-81-71-66-61-62-64-65-63(61)68-75-73(66)83(81)93-95-85(75)87-77(68)79-70(65)80-78-69(64)76-74-67(62)72(71)82-84(74)94-96-86(76)88(78)98-100-90(80)89(79)99-97(87)107-105(95)122(103(93)101,57-33-23-47(24-34-57)42-3-13-52(14-4-42)117(128)129)112-111(121)113-115-114(112)124(107,59-37-27-49(28-38-59)44-7-17-54(18-8-44)119(132)133)109(99)110(100)125(115,60-39-29-50(30-40-60)45-9-19-55(20-10-45)120(134)135)108(98)106(96)123(113,104(94)102(121)92(82)91)58-35-25-48(26-36-58)43-5-15-53(16-6-43)118(130)131/h1-40,111H,(H,126,127)(H,128,129)(H,130,131)(H,132,133)(H,134,135). The van der Waals surface area contributed by atoms with Gasteiger partial charge in [-0.3, -0.25) is 0 Å². The topological polar surface area (TPSA) is 186 Å². The molecule has 0 radical (unpaired) electrons. The van der Waals surface area contributed by atoms with Gasteiger partial charge in [0.2, 0.25) is 0 Å². The molecule has 5 N–H and O–H groups in total. The Morgan fingerprint density at radius 1 is 0.156 bits per heavy atom. The van der Waals surface area contributed by atoms with Gasteiger partial charge in [-0.15, -0.1) is 0 Å². The average molecular weight is 1710 g/mol. The molecular weight excluding hydrogens is 1660 g/mol. The predicted molar refractivity (Wildman–Crippen MR) is 529 cm³/mol. The Morgan fingerprint density at radius 2 is 0.289 bits per heavy atom. The predicted octanol–water partition coefficient (Wildman–Crippen LogP) is 28.0. The summed E-state index contributed by atoms with van der Waals surface area (Å²) in [6.07, 6.45) is 0. The molecule has 0 spiro atoms. The third-order valence-corrected chi connectivity index (χ3v) is 38.6. The monoisotopic (exact) mass is 1710 g/mol. The minimum Gasteiger partial charge on any atom is -0.478 e. The van der Waals surface area contributed by atoms with Gasteiger partial charge < -0.3 is 25.5 Å². The molecule has 10 nitrogen and oxygen atoms in total. The first-order valence-electron chi connectivity index (χ1n) is 46.7. The lowest BCUT2D eigenvalue weighted by Gasteiger charge is -2.60. The van der Waals surface area contributed by atoms with Crippen molar-refractivity contribution >= 4 is 245 Å². The number of benzene rings is 25. The minimum atomic E-state index is -1.10. The van der Waals surface area contributed by atoms with E-state index in [2.05, 4.69) is 121 Å². The molecule has 0 heterocycles. The Hall–Kier alpha value is -17.5. The first kappa shape index (κ1) is 64.3. The second-order valence-corrected chi connectivity index (χ2v) is 41.9. The van der Waals surface area contributed by atoms with E-state index in [-0.39, 0.29) is 27.8 Å². The molecule has 11 aliphatic carbocycles. The number of carbonyl (C=O) groups is 5. The number of allylic oxidation sites excluding steroid dienone is 4. The molecule has 0 saturated heterocycles. The van der Waals surface area contributed by atoms with E-state index in [1.165, 1.54) is 321 Å². The van der Waals surface area contributed by atoms with Gasteiger partial charge in [-0.1, -0.05) is 182 Å². The highest BCUT2D eigenvalue weighted by atomic mass is 16.4. The maximum absolute atomic E-state index is 12.8. The highest BCUT2D eigenvalue weighted by molar-refractivity contribution is 6.77. The second-order valence-electron chi connectivity index (χ2n) is 41.9. The molecular formula is C125H46O10. The quantitative estimate of drug-likeness (QED) is 0.0619. The van der Waals surface area contributed by atoms with E-state index in [0.717, 1.165) is 55.6 Å². The third-order valence-electron chi connectivity index (χ3n) is 38.6. The Balaban J connectivity index is 0.791. The van der Waals surface area contributed by atoms with Crippen molar-refractivity contribution in [2.75, 3.05) is 0 Å². The molecule has 42 rings (SSSR count). The van der Waals surface area contributed by atoms with Crippen molar-refractivity contribution in [3.05, 3.63) is 376 Å². The summed E-state index contributed by atoms with van der Waals surface area (Å²) in [6, 6.07) is 85.7. The van der Waals surface area contributed by atoms with Gasteiger partial charge in [0.05, 0.1) is 54.9 Å². The van der Waals surface area contributed by atoms with Crippen LogP contribution in [0.3, 0.4) is 0 Å². The highest BCUT2D eigenvalue weighted by Crippen LogP contribution is 2.93. The Morgan fingerprint density at radius 3 is 0.467 bits per heavy atom. The van der Waals surface area contributed by atoms with Crippen molar-refractivity contribution in [3.63, 3.8) is 0 Å². The largest absolute Gasteiger partial charge is 0.478 e. The second kappa shape index (κ2) is 18.2. The van der Waals surface area contributed by atoms with E-state index in [0.29, 0.717) is 0 Å². The van der Waals surface area contributed by atoms with Gasteiger partial charge in [0, 0.05) is 5.92 Å². The average Bonchev–Trinajstić information content (AvgIpc) is 1.37. The van der Waals surface area contributed by atoms with E-state index >= 15 is 0 Å². The fraction of sp³-hybridized carbons (Fsp3) is 0.0480. The van der Waals surface area contributed by atoms with E-state index in [1.54, 1.807) is 60.7 Å². The van der Waals surface area contributed by atoms with Gasteiger partial charge in [0.15, 0.2) is 0 Å². The SMILES string of the molecule is O=C(O)c1ccc(-c2ccc(C34C5=C6C7C8=C5C5(c9ccc(-c%10ccc(C(=O)O)cc%10)cc9)c9c3c3c%10c4c4c%11c%12c(c%13c%14c%15c(c%16c%17c%18c(c5c5c9c9c3c3c%19c%10c%11c%10c%11c%12c%14c%12c%14c%15c%17c%15c%17c%18c5c5c9c3c3c(c%19%10)c(c%11%12)c(c%15%14)c3c5%17)C8%16c3ccc(-c5ccc(C(=O)O)cc5)cc3)C%137c3ccc(-c5ccc(C(=O)O)cc5)cc3)C64c3ccc(-c4ccc(C(=O)O)cc4)cc3)cc2)cc1. The third kappa shape index (κ3) is 5.19. The van der Waals surface area contributed by atoms with Crippen LogP contribution in [-0.4, -0.2) is 55.4 Å². The van der Waals surface area contributed by atoms with Crippen LogP contribution in [0.5, 0.6) is 0 Å². The Bertz CT molecular complexity index is 10900. The molecule has 31 aromatic rings. The summed E-state index contributed by atoms with van der Waals surface area (Å²) in [5, 5.41) is 109. The van der Waals surface area contributed by atoms with Gasteiger partial charge >= 0.3 is 29.8 Å². The van der Waals surface area contributed by atoms with Crippen molar-refractivity contribution in [3.8, 4) is 55.6 Å². The zero-order chi connectivity index (χ0) is 87.0. The molecule has 0 aliphatic heterocycles. The lowest BCUT2D eigenvalue weighted by atomic mass is 9.40.